The summed E-state index contributed by atoms with van der Waals surface area (Å²) in [5, 5.41) is 23.4. The van der Waals surface area contributed by atoms with Crippen LogP contribution in [0.15, 0.2) is 12.2 Å². The zero-order valence-electron chi connectivity index (χ0n) is 55.3. The molecule has 0 radical (unpaired) electrons. The number of rotatable bonds is 71. The number of hydrogen-bond donors (Lipinski definition) is 3. The van der Waals surface area contributed by atoms with E-state index in [-0.39, 0.29) is 18.5 Å². The van der Waals surface area contributed by atoms with Gasteiger partial charge in [-0.3, -0.25) is 9.59 Å². The van der Waals surface area contributed by atoms with Gasteiger partial charge in [0, 0.05) is 12.8 Å². The summed E-state index contributed by atoms with van der Waals surface area (Å²) in [6.45, 7) is 5.00. The van der Waals surface area contributed by atoms with Crippen molar-refractivity contribution in [2.24, 2.45) is 0 Å². The van der Waals surface area contributed by atoms with E-state index in [1.807, 2.05) is 0 Å². The quantitative estimate of drug-likeness (QED) is 0.0320. The maximum absolute atomic E-state index is 12.5. The fraction of sp³-hybridized carbons (Fsp3) is 0.947. The van der Waals surface area contributed by atoms with E-state index in [2.05, 4.69) is 31.3 Å². The van der Waals surface area contributed by atoms with Gasteiger partial charge >= 0.3 is 5.97 Å². The average Bonchev–Trinajstić information content (AvgIpc) is 3.47. The molecule has 0 fully saturated rings. The maximum atomic E-state index is 12.5. The molecule has 3 N–H and O–H groups in total. The third-order valence-corrected chi connectivity index (χ3v) is 17.8. The van der Waals surface area contributed by atoms with Crippen molar-refractivity contribution in [3.8, 4) is 0 Å². The first-order chi connectivity index (χ1) is 40.0. The lowest BCUT2D eigenvalue weighted by atomic mass is 10.0. The van der Waals surface area contributed by atoms with Crippen LogP contribution in [0.5, 0.6) is 0 Å². The first-order valence-electron chi connectivity index (χ1n) is 37.4. The van der Waals surface area contributed by atoms with E-state index in [9.17, 15) is 19.8 Å². The normalized spacial score (nSPS) is 12.5. The standard InChI is InChI=1S/C75H147NO5/c1-3-5-7-9-11-13-15-17-19-21-33-36-39-43-47-51-55-59-63-67-73(78)72(71-77)76-74(79)68-64-60-56-52-48-44-40-37-34-31-29-27-25-23-22-24-26-28-30-32-35-38-42-46-50-54-58-62-66-70-81-75(80)69-65-61-57-53-49-45-41-20-18-16-14-12-10-8-6-4-2/h20,41,72-73,77-78H,3-19,21-40,42-71H2,1-2H3,(H,76,79)/b41-20-. The highest BCUT2D eigenvalue weighted by Gasteiger charge is 2.20. The Morgan fingerprint density at radius 1 is 0.333 bits per heavy atom. The predicted molar refractivity (Wildman–Crippen MR) is 357 cm³/mol. The van der Waals surface area contributed by atoms with Crippen molar-refractivity contribution in [1.29, 1.82) is 0 Å². The molecule has 1 amide bonds. The van der Waals surface area contributed by atoms with Gasteiger partial charge in [0.1, 0.15) is 0 Å². The van der Waals surface area contributed by atoms with E-state index in [0.29, 0.717) is 25.9 Å². The first kappa shape index (κ1) is 79.6. The van der Waals surface area contributed by atoms with Gasteiger partial charge < -0.3 is 20.3 Å². The van der Waals surface area contributed by atoms with Crippen molar-refractivity contribution >= 4 is 11.9 Å². The third kappa shape index (κ3) is 67.6. The molecule has 0 aromatic rings. The van der Waals surface area contributed by atoms with Crippen LogP contribution in [0, 0.1) is 0 Å². The fourth-order valence-corrected chi connectivity index (χ4v) is 12.1. The number of carbonyl (C=O) groups excluding carboxylic acids is 2. The summed E-state index contributed by atoms with van der Waals surface area (Å²) < 4.78 is 5.50. The van der Waals surface area contributed by atoms with Crippen molar-refractivity contribution in [1.82, 2.24) is 5.32 Å². The molecular weight excluding hydrogens is 995 g/mol. The van der Waals surface area contributed by atoms with Crippen LogP contribution >= 0.6 is 0 Å². The van der Waals surface area contributed by atoms with Crippen molar-refractivity contribution in [3.63, 3.8) is 0 Å². The minimum atomic E-state index is -0.662. The molecular formula is C75H147NO5. The van der Waals surface area contributed by atoms with Gasteiger partial charge in [-0.05, 0) is 51.4 Å². The molecule has 0 bridgehead atoms. The molecule has 0 aromatic heterocycles. The van der Waals surface area contributed by atoms with Gasteiger partial charge in [0.2, 0.25) is 5.91 Å². The fourth-order valence-electron chi connectivity index (χ4n) is 12.1. The Bertz CT molecular complexity index is 1220. The number of ether oxygens (including phenoxy) is 1. The Kier molecular flexibility index (Phi) is 69.9. The number of carbonyl (C=O) groups is 2. The molecule has 0 aliphatic heterocycles. The van der Waals surface area contributed by atoms with Crippen LogP contribution in [0.4, 0.5) is 0 Å². The summed E-state index contributed by atoms with van der Waals surface area (Å²) in [4.78, 5) is 24.6. The van der Waals surface area contributed by atoms with Crippen LogP contribution in [-0.4, -0.2) is 47.4 Å². The molecule has 2 unspecified atom stereocenters. The van der Waals surface area contributed by atoms with Crippen LogP contribution in [0.25, 0.3) is 0 Å². The molecule has 0 spiro atoms. The Morgan fingerprint density at radius 2 is 0.580 bits per heavy atom. The molecule has 0 aliphatic rings. The van der Waals surface area contributed by atoms with E-state index < -0.39 is 12.1 Å². The van der Waals surface area contributed by atoms with Gasteiger partial charge in [-0.25, -0.2) is 0 Å². The highest BCUT2D eigenvalue weighted by atomic mass is 16.5. The molecule has 0 rings (SSSR count). The lowest BCUT2D eigenvalue weighted by Crippen LogP contribution is -2.45. The molecule has 2 atom stereocenters. The van der Waals surface area contributed by atoms with Crippen LogP contribution in [0.2, 0.25) is 0 Å². The Hall–Kier alpha value is -1.40. The maximum Gasteiger partial charge on any atom is 0.305 e. The lowest BCUT2D eigenvalue weighted by Gasteiger charge is -2.22. The Balaban J connectivity index is 3.33. The number of nitrogens with one attached hydrogen (secondary N) is 1. The van der Waals surface area contributed by atoms with E-state index >= 15 is 0 Å². The Labute approximate surface area is 508 Å². The summed E-state index contributed by atoms with van der Waals surface area (Å²) in [7, 11) is 0. The molecule has 482 valence electrons. The van der Waals surface area contributed by atoms with Gasteiger partial charge in [-0.2, -0.15) is 0 Å². The van der Waals surface area contributed by atoms with Crippen molar-refractivity contribution in [3.05, 3.63) is 12.2 Å². The molecule has 0 saturated heterocycles. The number of hydrogen-bond acceptors (Lipinski definition) is 5. The third-order valence-electron chi connectivity index (χ3n) is 17.8. The van der Waals surface area contributed by atoms with Crippen LogP contribution in [0.1, 0.15) is 431 Å². The largest absolute Gasteiger partial charge is 0.466 e. The van der Waals surface area contributed by atoms with Crippen molar-refractivity contribution in [2.75, 3.05) is 13.2 Å². The van der Waals surface area contributed by atoms with Gasteiger partial charge in [-0.1, -0.05) is 379 Å². The highest BCUT2D eigenvalue weighted by molar-refractivity contribution is 5.76. The summed E-state index contributed by atoms with van der Waals surface area (Å²) in [5.41, 5.74) is 0. The second-order valence-corrected chi connectivity index (χ2v) is 26.0. The molecule has 0 aromatic carbocycles. The average molecular weight is 1140 g/mol. The number of aliphatic hydroxyl groups excluding tert-OH is 2. The van der Waals surface area contributed by atoms with Gasteiger partial charge in [-0.15, -0.1) is 0 Å². The lowest BCUT2D eigenvalue weighted by molar-refractivity contribution is -0.143. The number of allylic oxidation sites excluding steroid dienone is 2. The molecule has 6 heteroatoms. The monoisotopic (exact) mass is 1140 g/mol. The minimum Gasteiger partial charge on any atom is -0.466 e. The summed E-state index contributed by atoms with van der Waals surface area (Å²) in [5.74, 6) is -0.0133. The summed E-state index contributed by atoms with van der Waals surface area (Å²) in [6.07, 6.45) is 88.5. The topological polar surface area (TPSA) is 95.9 Å². The second-order valence-electron chi connectivity index (χ2n) is 26.0. The number of unbranched alkanes of at least 4 members (excludes halogenated alkanes) is 58. The zero-order chi connectivity index (χ0) is 58.5. The minimum absolute atomic E-state index is 0.0133. The molecule has 6 nitrogen and oxygen atoms in total. The smallest absolute Gasteiger partial charge is 0.305 e. The molecule has 81 heavy (non-hydrogen) atoms. The molecule has 0 saturated carbocycles. The molecule has 0 heterocycles. The van der Waals surface area contributed by atoms with Crippen molar-refractivity contribution < 1.29 is 24.5 Å². The SMILES string of the molecule is CCCCCCCCC/C=C\CCCCCCCC(=O)OCCCCCCCCCCCCCCCCCCCCCCCCCCCCCCCC(=O)NC(CO)C(O)CCCCCCCCCCCCCCCCCCCCC. The first-order valence-corrected chi connectivity index (χ1v) is 37.4. The van der Waals surface area contributed by atoms with Crippen LogP contribution in [-0.2, 0) is 14.3 Å². The van der Waals surface area contributed by atoms with Crippen LogP contribution < -0.4 is 5.32 Å². The predicted octanol–water partition coefficient (Wildman–Crippen LogP) is 24.3. The van der Waals surface area contributed by atoms with Gasteiger partial charge in [0.05, 0.1) is 25.4 Å². The Morgan fingerprint density at radius 3 is 0.877 bits per heavy atom. The van der Waals surface area contributed by atoms with Crippen LogP contribution in [0.3, 0.4) is 0 Å². The van der Waals surface area contributed by atoms with E-state index in [4.69, 9.17) is 4.74 Å². The van der Waals surface area contributed by atoms with E-state index in [1.165, 1.54) is 353 Å². The van der Waals surface area contributed by atoms with Gasteiger partial charge in [0.15, 0.2) is 0 Å². The second kappa shape index (κ2) is 71.1. The summed E-state index contributed by atoms with van der Waals surface area (Å²) >= 11 is 0. The van der Waals surface area contributed by atoms with Gasteiger partial charge in [0.25, 0.3) is 0 Å². The highest BCUT2D eigenvalue weighted by Crippen LogP contribution is 2.20. The number of amides is 1. The van der Waals surface area contributed by atoms with E-state index in [1.54, 1.807) is 0 Å². The number of aliphatic hydroxyl groups is 2. The summed E-state index contributed by atoms with van der Waals surface area (Å²) in [6, 6.07) is -0.539. The van der Waals surface area contributed by atoms with E-state index in [0.717, 1.165) is 44.9 Å². The van der Waals surface area contributed by atoms with Crippen molar-refractivity contribution in [2.45, 2.75) is 443 Å². The molecule has 0 aliphatic carbocycles. The zero-order valence-corrected chi connectivity index (χ0v) is 55.3. The number of esters is 1.